The smallest absolute Gasteiger partial charge is 0.164 e. The van der Waals surface area contributed by atoms with Gasteiger partial charge in [0.25, 0.3) is 0 Å². The van der Waals surface area contributed by atoms with Gasteiger partial charge in [-0.05, 0) is 47.3 Å². The minimum absolute atomic E-state index is 0.533. The molecule has 11 rings (SSSR count). The number of aromatic amines is 1. The number of fused-ring (bicyclic) bond motifs is 19. The van der Waals surface area contributed by atoms with E-state index in [9.17, 15) is 0 Å². The Bertz CT molecular complexity index is 3330. The van der Waals surface area contributed by atoms with Crippen LogP contribution in [0.4, 0.5) is 11.6 Å². The van der Waals surface area contributed by atoms with Crippen molar-refractivity contribution in [3.05, 3.63) is 148 Å². The minimum Gasteiger partial charge on any atom is -0.324 e. The van der Waals surface area contributed by atoms with Crippen molar-refractivity contribution in [2.24, 2.45) is 30.0 Å². The molecule has 0 unspecified atom stereocenters. The number of benzene rings is 5. The number of hydrogen-bond donors (Lipinski definition) is 1. The number of imidazole rings is 1. The first kappa shape index (κ1) is 39.7. The van der Waals surface area contributed by atoms with E-state index in [0.29, 0.717) is 58.0 Å². The molecule has 3 aliphatic heterocycles. The van der Waals surface area contributed by atoms with Crippen LogP contribution in [0.3, 0.4) is 0 Å². The normalized spacial score (nSPS) is 15.1. The molecule has 1 aliphatic carbocycles. The van der Waals surface area contributed by atoms with Crippen molar-refractivity contribution in [3.63, 3.8) is 0 Å². The highest BCUT2D eigenvalue weighted by Crippen LogP contribution is 2.42. The van der Waals surface area contributed by atoms with Crippen LogP contribution in [0.25, 0.3) is 33.2 Å². The molecule has 0 amide bonds. The lowest BCUT2D eigenvalue weighted by Crippen LogP contribution is -2.43. The molecule has 2 aromatic heterocycles. The number of rotatable bonds is 6. The molecule has 314 valence electrons. The summed E-state index contributed by atoms with van der Waals surface area (Å²) < 4.78 is 2.34. The fourth-order valence-electron chi connectivity index (χ4n) is 10.5. The topological polar surface area (TPSA) is 108 Å². The maximum atomic E-state index is 5.41. The molecule has 8 bridgehead atoms. The summed E-state index contributed by atoms with van der Waals surface area (Å²) in [6.07, 6.45) is 1.48. The quantitative estimate of drug-likeness (QED) is 0.130. The van der Waals surface area contributed by atoms with E-state index < -0.39 is 8.07 Å². The Morgan fingerprint density at radius 1 is 0.578 bits per heavy atom. The zero-order valence-corrected chi connectivity index (χ0v) is 38.3. The third kappa shape index (κ3) is 6.32. The maximum Gasteiger partial charge on any atom is 0.164 e. The molecule has 1 N–H and O–H groups in total. The molecular formula is C54H49N9Si. The molecule has 5 aromatic carbocycles. The molecule has 10 heteroatoms. The summed E-state index contributed by atoms with van der Waals surface area (Å²) in [6.45, 7) is 17.2. The second-order valence-electron chi connectivity index (χ2n) is 18.2. The summed E-state index contributed by atoms with van der Waals surface area (Å²) in [5.74, 6) is 8.34. The van der Waals surface area contributed by atoms with Crippen LogP contribution in [0, 0.1) is 11.5 Å². The first-order chi connectivity index (χ1) is 31.1. The molecule has 0 radical (unpaired) electrons. The van der Waals surface area contributed by atoms with Crippen LogP contribution < -0.4 is 0 Å². The van der Waals surface area contributed by atoms with Gasteiger partial charge in [-0.1, -0.05) is 139 Å². The number of nitrogens with zero attached hydrogens (tertiary/aromatic N) is 8. The molecule has 64 heavy (non-hydrogen) atoms. The van der Waals surface area contributed by atoms with Gasteiger partial charge in [0.15, 0.2) is 23.3 Å². The number of H-pyrrole nitrogens is 1. The molecular weight excluding hydrogens is 803 g/mol. The van der Waals surface area contributed by atoms with Gasteiger partial charge < -0.3 is 9.55 Å². The molecule has 0 atom stereocenters. The Morgan fingerprint density at radius 2 is 1.08 bits per heavy atom. The van der Waals surface area contributed by atoms with Gasteiger partial charge in [0.2, 0.25) is 0 Å². The lowest BCUT2D eigenvalue weighted by Gasteiger charge is -2.38. The van der Waals surface area contributed by atoms with E-state index >= 15 is 0 Å². The number of aliphatic imine (C=N–C) groups is 6. The van der Waals surface area contributed by atoms with Crippen LogP contribution in [0.15, 0.2) is 139 Å². The van der Waals surface area contributed by atoms with E-state index in [1.807, 2.05) is 24.3 Å². The summed E-state index contributed by atoms with van der Waals surface area (Å²) in [5, 5.41) is 1.88. The Balaban J connectivity index is 1.08. The Hall–Kier alpha value is -7.09. The van der Waals surface area contributed by atoms with Gasteiger partial charge in [-0.25, -0.2) is 34.9 Å². The van der Waals surface area contributed by atoms with Gasteiger partial charge in [-0.15, -0.1) is 5.54 Å². The predicted molar refractivity (Wildman–Crippen MR) is 268 cm³/mol. The fraction of sp³-hybridized carbons (Fsp3) is 0.241. The third-order valence-corrected chi connectivity index (χ3v) is 19.8. The van der Waals surface area contributed by atoms with Gasteiger partial charge in [0, 0.05) is 68.2 Å². The molecule has 5 heterocycles. The van der Waals surface area contributed by atoms with Crippen LogP contribution in [0.5, 0.6) is 0 Å². The van der Waals surface area contributed by atoms with E-state index in [4.69, 9.17) is 34.9 Å². The van der Waals surface area contributed by atoms with Crippen molar-refractivity contribution in [1.29, 1.82) is 0 Å². The van der Waals surface area contributed by atoms with Gasteiger partial charge in [-0.3, -0.25) is 0 Å². The average molecular weight is 852 g/mol. The van der Waals surface area contributed by atoms with Crippen LogP contribution in [0.1, 0.15) is 100 Å². The van der Waals surface area contributed by atoms with Gasteiger partial charge in [0.05, 0.1) is 22.5 Å². The number of aryl methyl sites for hydroxylation is 1. The first-order valence-electron chi connectivity index (χ1n) is 22.6. The molecule has 0 fully saturated rings. The second kappa shape index (κ2) is 15.3. The van der Waals surface area contributed by atoms with Crippen molar-refractivity contribution in [2.45, 2.75) is 84.5 Å². The number of amidine groups is 4. The fourth-order valence-corrected chi connectivity index (χ4v) is 15.7. The minimum atomic E-state index is -1.86. The molecule has 0 saturated carbocycles. The average Bonchev–Trinajstić information content (AvgIpc) is 4.09. The predicted octanol–water partition coefficient (Wildman–Crippen LogP) is 12.5. The highest BCUT2D eigenvalue weighted by molar-refractivity contribution is 6.90. The molecule has 9 nitrogen and oxygen atoms in total. The SMILES string of the molecule is CCCn1c(-c2ccc(C#C[Si](C(C)C)(C(C)C)C(C)C)cc2)nc2cc3c(cc21)C1=NC3=Nc2[nH]c(c3ccccc23)N=C2N=C(N=C3CC(=N1)c1ccccc13)c1ccccc12. The summed E-state index contributed by atoms with van der Waals surface area (Å²) in [5.41, 5.74) is 17.2. The standard InChI is InChI=1S/C54H49N9Si/c1-8-26-63-47-29-43-42(28-46(47)57-54(63)35-23-21-34(22-24-35)25-27-64(31(2)3,32(4)5)33(6)7)53-61-51-41-20-14-13-19-40(41)50(60-51)59-49-39-18-12-11-17-38(39)48(58-49)55-44-30-45(56-52(43)62-53)37-16-10-9-15-36(37)44/h9-24,28-29,31-33H,8,26,30H2,1-7H3,(H,55,56,58,59,60,61,62). The maximum absolute atomic E-state index is 5.41. The lowest BCUT2D eigenvalue weighted by atomic mass is 10.1. The van der Waals surface area contributed by atoms with E-state index in [1.165, 1.54) is 0 Å². The lowest BCUT2D eigenvalue weighted by molar-refractivity contribution is 0.704. The highest BCUT2D eigenvalue weighted by Gasteiger charge is 2.42. The molecule has 0 saturated heterocycles. The van der Waals surface area contributed by atoms with Crippen LogP contribution in [-0.4, -0.2) is 57.4 Å². The van der Waals surface area contributed by atoms with E-state index in [1.54, 1.807) is 0 Å². The van der Waals surface area contributed by atoms with Crippen LogP contribution in [-0.2, 0) is 6.54 Å². The largest absolute Gasteiger partial charge is 0.324 e. The first-order valence-corrected chi connectivity index (χ1v) is 24.8. The van der Waals surface area contributed by atoms with Crippen molar-refractivity contribution < 1.29 is 0 Å². The summed E-state index contributed by atoms with van der Waals surface area (Å²) in [6, 6.07) is 37.8. The van der Waals surface area contributed by atoms with E-state index in [2.05, 4.69) is 154 Å². The molecule has 7 aromatic rings. The van der Waals surface area contributed by atoms with Crippen molar-refractivity contribution in [1.82, 2.24) is 14.5 Å². The van der Waals surface area contributed by atoms with E-state index in [-0.39, 0.29) is 0 Å². The monoisotopic (exact) mass is 851 g/mol. The Labute approximate surface area is 374 Å². The molecule has 4 aliphatic rings. The second-order valence-corrected chi connectivity index (χ2v) is 23.8. The third-order valence-electron chi connectivity index (χ3n) is 13.6. The Morgan fingerprint density at radius 3 is 1.64 bits per heavy atom. The van der Waals surface area contributed by atoms with E-state index in [0.717, 1.165) is 96.5 Å². The van der Waals surface area contributed by atoms with Gasteiger partial charge in [-0.2, -0.15) is 0 Å². The van der Waals surface area contributed by atoms with Crippen molar-refractivity contribution in [3.8, 4) is 22.9 Å². The zero-order chi connectivity index (χ0) is 43.9. The summed E-state index contributed by atoms with van der Waals surface area (Å²) in [7, 11) is -1.86. The zero-order valence-electron chi connectivity index (χ0n) is 37.3. The van der Waals surface area contributed by atoms with Crippen LogP contribution in [0.2, 0.25) is 16.6 Å². The number of hydrogen-bond acceptors (Lipinski definition) is 7. The van der Waals surface area contributed by atoms with Gasteiger partial charge in [0.1, 0.15) is 25.5 Å². The highest BCUT2D eigenvalue weighted by atomic mass is 28.3. The summed E-state index contributed by atoms with van der Waals surface area (Å²) >= 11 is 0. The summed E-state index contributed by atoms with van der Waals surface area (Å²) in [4.78, 5) is 40.3. The molecule has 0 spiro atoms. The van der Waals surface area contributed by atoms with Gasteiger partial charge >= 0.3 is 0 Å². The number of nitrogens with one attached hydrogen (secondary N) is 1. The Kier molecular flexibility index (Phi) is 9.51. The number of aromatic nitrogens is 3. The van der Waals surface area contributed by atoms with Crippen LogP contribution >= 0.6 is 0 Å². The van der Waals surface area contributed by atoms with Crippen molar-refractivity contribution >= 4 is 76.3 Å². The van der Waals surface area contributed by atoms with Crippen molar-refractivity contribution in [2.75, 3.05) is 0 Å².